The van der Waals surface area contributed by atoms with Crippen LogP contribution in [0.2, 0.25) is 0 Å². The minimum Gasteiger partial charge on any atom is -0.295 e. The molecule has 0 heterocycles. The molecule has 0 aliphatic heterocycles. The Labute approximate surface area is 90.8 Å². The van der Waals surface area contributed by atoms with Gasteiger partial charge in [0.15, 0.2) is 5.78 Å². The van der Waals surface area contributed by atoms with Crippen LogP contribution < -0.4 is 0 Å². The molecular formula is C14H16O. The lowest BCUT2D eigenvalue weighted by molar-refractivity contribution is -0.114. The second-order valence-electron chi connectivity index (χ2n) is 4.16. The van der Waals surface area contributed by atoms with Crippen molar-refractivity contribution >= 4 is 11.4 Å². The van der Waals surface area contributed by atoms with Gasteiger partial charge in [-0.2, -0.15) is 0 Å². The number of hydrogen-bond donors (Lipinski definition) is 0. The molecule has 1 aliphatic carbocycles. The predicted octanol–water partition coefficient (Wildman–Crippen LogP) is 3.52. The first-order chi connectivity index (χ1) is 7.27. The molecule has 15 heavy (non-hydrogen) atoms. The lowest BCUT2D eigenvalue weighted by Crippen LogP contribution is -1.92. The van der Waals surface area contributed by atoms with E-state index in [4.69, 9.17) is 0 Å². The molecule has 0 saturated carbocycles. The topological polar surface area (TPSA) is 17.1 Å². The molecule has 0 amide bonds. The van der Waals surface area contributed by atoms with E-state index in [1.165, 1.54) is 16.7 Å². The highest BCUT2D eigenvalue weighted by molar-refractivity contribution is 5.97. The van der Waals surface area contributed by atoms with E-state index >= 15 is 0 Å². The number of ketones is 1. The first-order valence-electron chi connectivity index (χ1n) is 5.57. The highest BCUT2D eigenvalue weighted by atomic mass is 16.1. The summed E-state index contributed by atoms with van der Waals surface area (Å²) < 4.78 is 0. The average Bonchev–Trinajstić information content (AvgIpc) is 2.43. The number of allylic oxidation sites excluding steroid dienone is 2. The summed E-state index contributed by atoms with van der Waals surface area (Å²) in [7, 11) is 0. The summed E-state index contributed by atoms with van der Waals surface area (Å²) >= 11 is 0. The van der Waals surface area contributed by atoms with Crippen LogP contribution in [-0.4, -0.2) is 5.78 Å². The zero-order chi connectivity index (χ0) is 10.7. The molecular weight excluding hydrogens is 184 g/mol. The fourth-order valence-corrected chi connectivity index (χ4v) is 2.10. The Bertz CT molecular complexity index is 402. The van der Waals surface area contributed by atoms with Crippen molar-refractivity contribution in [3.8, 4) is 0 Å². The highest BCUT2D eigenvalue weighted by Crippen LogP contribution is 2.26. The van der Waals surface area contributed by atoms with Crippen molar-refractivity contribution < 1.29 is 4.79 Å². The molecule has 0 aromatic heterocycles. The van der Waals surface area contributed by atoms with Crippen LogP contribution in [0.5, 0.6) is 0 Å². The molecule has 0 saturated heterocycles. The third kappa shape index (κ3) is 2.35. The number of hydrogen-bond acceptors (Lipinski definition) is 1. The van der Waals surface area contributed by atoms with Gasteiger partial charge in [0.05, 0.1) is 0 Å². The maximum Gasteiger partial charge on any atom is 0.155 e. The summed E-state index contributed by atoms with van der Waals surface area (Å²) in [5, 5.41) is 0. The number of carbonyl (C=O) groups excluding carboxylic acids is 1. The van der Waals surface area contributed by atoms with E-state index in [2.05, 4.69) is 19.1 Å². The Morgan fingerprint density at radius 2 is 1.80 bits per heavy atom. The van der Waals surface area contributed by atoms with E-state index in [0.29, 0.717) is 0 Å². The third-order valence-electron chi connectivity index (χ3n) is 2.95. The molecule has 1 nitrogen and oxygen atoms in total. The van der Waals surface area contributed by atoms with Gasteiger partial charge in [-0.1, -0.05) is 24.3 Å². The van der Waals surface area contributed by atoms with Crippen LogP contribution in [0.4, 0.5) is 0 Å². The number of aryl methyl sites for hydroxylation is 1. The van der Waals surface area contributed by atoms with E-state index in [0.717, 1.165) is 25.7 Å². The van der Waals surface area contributed by atoms with Gasteiger partial charge in [-0.25, -0.2) is 0 Å². The van der Waals surface area contributed by atoms with Gasteiger partial charge in [-0.3, -0.25) is 4.79 Å². The molecule has 1 heteroatoms. The molecule has 78 valence electrons. The Morgan fingerprint density at radius 3 is 2.60 bits per heavy atom. The molecule has 1 aliphatic rings. The van der Waals surface area contributed by atoms with Gasteiger partial charge in [-0.15, -0.1) is 0 Å². The molecule has 0 bridgehead atoms. The van der Waals surface area contributed by atoms with Gasteiger partial charge in [0, 0.05) is 6.42 Å². The average molecular weight is 200 g/mol. The second kappa shape index (κ2) is 4.43. The van der Waals surface area contributed by atoms with Crippen LogP contribution in [0.15, 0.2) is 30.3 Å². The van der Waals surface area contributed by atoms with E-state index in [-0.39, 0.29) is 5.78 Å². The minimum absolute atomic E-state index is 0.283. The van der Waals surface area contributed by atoms with Crippen molar-refractivity contribution in [3.05, 3.63) is 41.5 Å². The molecule has 1 aromatic rings. The molecule has 0 N–H and O–H groups in total. The van der Waals surface area contributed by atoms with Gasteiger partial charge < -0.3 is 0 Å². The van der Waals surface area contributed by atoms with Crippen molar-refractivity contribution in [3.63, 3.8) is 0 Å². The first-order valence-corrected chi connectivity index (χ1v) is 5.57. The third-order valence-corrected chi connectivity index (χ3v) is 2.95. The van der Waals surface area contributed by atoms with Crippen LogP contribution in [0.3, 0.4) is 0 Å². The van der Waals surface area contributed by atoms with E-state index in [1.54, 1.807) is 0 Å². The smallest absolute Gasteiger partial charge is 0.155 e. The summed E-state index contributed by atoms with van der Waals surface area (Å²) in [6, 6.07) is 8.29. The SMILES string of the molecule is Cc1ccccc1C1=CC(=O)CCCC1. The van der Waals surface area contributed by atoms with E-state index in [1.807, 2.05) is 18.2 Å². The van der Waals surface area contributed by atoms with Crippen molar-refractivity contribution in [2.75, 3.05) is 0 Å². The largest absolute Gasteiger partial charge is 0.295 e. The van der Waals surface area contributed by atoms with Crippen LogP contribution in [0.1, 0.15) is 36.8 Å². The summed E-state index contributed by atoms with van der Waals surface area (Å²) in [6.07, 6.45) is 5.76. The number of rotatable bonds is 1. The van der Waals surface area contributed by atoms with Gasteiger partial charge in [0.2, 0.25) is 0 Å². The molecule has 2 rings (SSSR count). The number of benzene rings is 1. The Hall–Kier alpha value is -1.37. The van der Waals surface area contributed by atoms with Crippen molar-refractivity contribution in [2.24, 2.45) is 0 Å². The number of carbonyl (C=O) groups is 1. The fourth-order valence-electron chi connectivity index (χ4n) is 2.10. The van der Waals surface area contributed by atoms with Crippen molar-refractivity contribution in [2.45, 2.75) is 32.6 Å². The van der Waals surface area contributed by atoms with Gasteiger partial charge in [0.1, 0.15) is 0 Å². The predicted molar refractivity (Wildman–Crippen MR) is 62.6 cm³/mol. The Kier molecular flexibility index (Phi) is 3.00. The first kappa shape index (κ1) is 10.2. The van der Waals surface area contributed by atoms with Gasteiger partial charge in [0.25, 0.3) is 0 Å². The zero-order valence-electron chi connectivity index (χ0n) is 9.12. The summed E-state index contributed by atoms with van der Waals surface area (Å²) in [4.78, 5) is 11.5. The highest BCUT2D eigenvalue weighted by Gasteiger charge is 2.11. The van der Waals surface area contributed by atoms with Crippen molar-refractivity contribution in [1.82, 2.24) is 0 Å². The van der Waals surface area contributed by atoms with E-state index in [9.17, 15) is 4.79 Å². The van der Waals surface area contributed by atoms with E-state index < -0.39 is 0 Å². The van der Waals surface area contributed by atoms with Crippen LogP contribution in [0, 0.1) is 6.92 Å². The lowest BCUT2D eigenvalue weighted by atomic mass is 9.97. The molecule has 0 radical (unpaired) electrons. The molecule has 0 spiro atoms. The summed E-state index contributed by atoms with van der Waals surface area (Å²) in [5.74, 6) is 0.283. The summed E-state index contributed by atoms with van der Waals surface area (Å²) in [5.41, 5.74) is 3.72. The van der Waals surface area contributed by atoms with Crippen LogP contribution in [-0.2, 0) is 4.79 Å². The Balaban J connectivity index is 2.37. The molecule has 1 aromatic carbocycles. The lowest BCUT2D eigenvalue weighted by Gasteiger charge is -2.08. The Morgan fingerprint density at radius 1 is 1.07 bits per heavy atom. The van der Waals surface area contributed by atoms with Gasteiger partial charge >= 0.3 is 0 Å². The van der Waals surface area contributed by atoms with Crippen LogP contribution >= 0.6 is 0 Å². The maximum atomic E-state index is 11.5. The fraction of sp³-hybridized carbons (Fsp3) is 0.357. The zero-order valence-corrected chi connectivity index (χ0v) is 9.12. The quantitative estimate of drug-likeness (QED) is 0.678. The van der Waals surface area contributed by atoms with Crippen molar-refractivity contribution in [1.29, 1.82) is 0 Å². The normalized spacial score (nSPS) is 17.1. The molecule has 0 atom stereocenters. The standard InChI is InChI=1S/C14H16O/c1-11-6-2-5-9-14(11)12-7-3-4-8-13(15)10-12/h2,5-6,9-10H,3-4,7-8H2,1H3. The second-order valence-corrected chi connectivity index (χ2v) is 4.16. The van der Waals surface area contributed by atoms with Crippen LogP contribution in [0.25, 0.3) is 5.57 Å². The van der Waals surface area contributed by atoms with Gasteiger partial charge in [-0.05, 0) is 49.0 Å². The molecule has 0 unspecified atom stereocenters. The minimum atomic E-state index is 0.283. The maximum absolute atomic E-state index is 11.5. The monoisotopic (exact) mass is 200 g/mol. The molecule has 0 fully saturated rings. The summed E-state index contributed by atoms with van der Waals surface area (Å²) in [6.45, 7) is 2.10.